The molecule has 1 heterocycles. The fourth-order valence-electron chi connectivity index (χ4n) is 2.10. The highest BCUT2D eigenvalue weighted by Crippen LogP contribution is 2.24. The first-order chi connectivity index (χ1) is 9.51. The van der Waals surface area contributed by atoms with Crippen LogP contribution in [0.15, 0.2) is 18.2 Å². The van der Waals surface area contributed by atoms with Crippen molar-refractivity contribution in [2.24, 2.45) is 5.73 Å². The number of rotatable bonds is 5. The summed E-state index contributed by atoms with van der Waals surface area (Å²) >= 11 is 0. The van der Waals surface area contributed by atoms with Gasteiger partial charge in [-0.25, -0.2) is 0 Å². The minimum atomic E-state index is -0.753. The van der Waals surface area contributed by atoms with Crippen LogP contribution >= 0.6 is 0 Å². The maximum atomic E-state index is 12.1. The van der Waals surface area contributed by atoms with Crippen LogP contribution in [0.2, 0.25) is 0 Å². The number of esters is 1. The first kappa shape index (κ1) is 14.2. The number of ether oxygens (including phenoxy) is 1. The van der Waals surface area contributed by atoms with Gasteiger partial charge < -0.3 is 15.8 Å². The van der Waals surface area contributed by atoms with Crippen LogP contribution in [-0.4, -0.2) is 30.8 Å². The molecule has 0 fully saturated rings. The van der Waals surface area contributed by atoms with Crippen molar-refractivity contribution in [3.63, 3.8) is 0 Å². The second kappa shape index (κ2) is 5.83. The van der Waals surface area contributed by atoms with Crippen molar-refractivity contribution in [1.29, 1.82) is 0 Å². The highest BCUT2D eigenvalue weighted by atomic mass is 16.5. The van der Waals surface area contributed by atoms with Crippen LogP contribution in [0.3, 0.4) is 0 Å². The number of carbonyl (C=O) groups is 3. The predicted molar refractivity (Wildman–Crippen MR) is 72.3 cm³/mol. The van der Waals surface area contributed by atoms with E-state index in [1.54, 1.807) is 18.2 Å². The average Bonchev–Trinajstić information content (AvgIpc) is 2.82. The molecule has 0 saturated heterocycles. The lowest BCUT2D eigenvalue weighted by atomic mass is 9.98. The van der Waals surface area contributed by atoms with Crippen LogP contribution in [0.4, 0.5) is 5.69 Å². The molecule has 0 saturated carbocycles. The number of benzene rings is 1. The fourth-order valence-corrected chi connectivity index (χ4v) is 2.10. The Labute approximate surface area is 116 Å². The van der Waals surface area contributed by atoms with Crippen molar-refractivity contribution in [1.82, 2.24) is 0 Å². The molecule has 2 rings (SSSR count). The number of nitrogens with one attached hydrogen (secondary N) is 1. The third kappa shape index (κ3) is 3.03. The number of hydrogen-bond acceptors (Lipinski definition) is 5. The Morgan fingerprint density at radius 3 is 2.90 bits per heavy atom. The van der Waals surface area contributed by atoms with Crippen LogP contribution in [-0.2, 0) is 20.7 Å². The number of nitrogens with two attached hydrogens (primary N) is 1. The Bertz CT molecular complexity index is 568. The quantitative estimate of drug-likeness (QED) is 0.607. The molecule has 1 aliphatic heterocycles. The lowest BCUT2D eigenvalue weighted by molar-refractivity contribution is -0.140. The molecule has 6 nitrogen and oxygen atoms in total. The molecule has 106 valence electrons. The van der Waals surface area contributed by atoms with Gasteiger partial charge in [-0.1, -0.05) is 0 Å². The Morgan fingerprint density at radius 1 is 1.45 bits per heavy atom. The molecule has 1 unspecified atom stereocenters. The van der Waals surface area contributed by atoms with Crippen molar-refractivity contribution >= 4 is 23.3 Å². The van der Waals surface area contributed by atoms with Crippen molar-refractivity contribution in [2.45, 2.75) is 25.3 Å². The summed E-state index contributed by atoms with van der Waals surface area (Å²) in [5, 5.41) is 2.70. The topological polar surface area (TPSA) is 98.5 Å². The molecule has 1 aliphatic rings. The van der Waals surface area contributed by atoms with Crippen LogP contribution in [0, 0.1) is 0 Å². The number of Topliss-reactive ketones (excluding diaryl/α,β-unsaturated/α-hetero) is 1. The van der Waals surface area contributed by atoms with Gasteiger partial charge in [-0.2, -0.15) is 0 Å². The van der Waals surface area contributed by atoms with Gasteiger partial charge in [0.05, 0.1) is 19.6 Å². The molecule has 1 aromatic carbocycles. The number of amides is 1. The molecule has 0 aliphatic carbocycles. The van der Waals surface area contributed by atoms with E-state index in [2.05, 4.69) is 10.1 Å². The van der Waals surface area contributed by atoms with E-state index in [0.717, 1.165) is 11.3 Å². The van der Waals surface area contributed by atoms with E-state index in [1.165, 1.54) is 7.11 Å². The van der Waals surface area contributed by atoms with E-state index in [-0.39, 0.29) is 31.0 Å². The normalized spacial score (nSPS) is 14.4. The summed E-state index contributed by atoms with van der Waals surface area (Å²) in [6, 6.07) is 4.25. The van der Waals surface area contributed by atoms with E-state index >= 15 is 0 Å². The summed E-state index contributed by atoms with van der Waals surface area (Å²) in [6.45, 7) is 0. The Kier molecular flexibility index (Phi) is 4.14. The summed E-state index contributed by atoms with van der Waals surface area (Å²) in [4.78, 5) is 34.4. The van der Waals surface area contributed by atoms with Gasteiger partial charge >= 0.3 is 5.97 Å². The second-order valence-electron chi connectivity index (χ2n) is 4.68. The van der Waals surface area contributed by atoms with Gasteiger partial charge in [-0.3, -0.25) is 14.4 Å². The standard InChI is InChI=1S/C14H16N2O4/c1-20-13(18)5-3-10(15)14(19)8-2-4-11-9(6-8)7-12(17)16-11/h2,4,6,10H,3,5,7,15H2,1H3,(H,16,17). The number of anilines is 1. The second-order valence-corrected chi connectivity index (χ2v) is 4.68. The van der Waals surface area contributed by atoms with Gasteiger partial charge in [0, 0.05) is 17.7 Å². The Hall–Kier alpha value is -2.21. The first-order valence-corrected chi connectivity index (χ1v) is 6.30. The molecule has 20 heavy (non-hydrogen) atoms. The van der Waals surface area contributed by atoms with Crippen molar-refractivity contribution in [3.8, 4) is 0 Å². The summed E-state index contributed by atoms with van der Waals surface area (Å²) in [7, 11) is 1.29. The van der Waals surface area contributed by atoms with Gasteiger partial charge in [0.1, 0.15) is 0 Å². The SMILES string of the molecule is COC(=O)CCC(N)C(=O)c1ccc2c(c1)CC(=O)N2. The van der Waals surface area contributed by atoms with E-state index in [4.69, 9.17) is 5.73 Å². The molecule has 1 aromatic rings. The van der Waals surface area contributed by atoms with Gasteiger partial charge in [-0.15, -0.1) is 0 Å². The number of carbonyl (C=O) groups excluding carboxylic acids is 3. The number of methoxy groups -OCH3 is 1. The highest BCUT2D eigenvalue weighted by molar-refractivity contribution is 6.03. The van der Waals surface area contributed by atoms with Crippen LogP contribution in [0.25, 0.3) is 0 Å². The number of ketones is 1. The van der Waals surface area contributed by atoms with Crippen LogP contribution in [0.1, 0.15) is 28.8 Å². The van der Waals surface area contributed by atoms with Gasteiger partial charge in [0.15, 0.2) is 5.78 Å². The molecule has 3 N–H and O–H groups in total. The fraction of sp³-hybridized carbons (Fsp3) is 0.357. The van der Waals surface area contributed by atoms with E-state index in [9.17, 15) is 14.4 Å². The molecule has 1 atom stereocenters. The highest BCUT2D eigenvalue weighted by Gasteiger charge is 2.22. The maximum Gasteiger partial charge on any atom is 0.305 e. The lowest BCUT2D eigenvalue weighted by Gasteiger charge is -2.10. The van der Waals surface area contributed by atoms with E-state index < -0.39 is 12.0 Å². The first-order valence-electron chi connectivity index (χ1n) is 6.30. The minimum absolute atomic E-state index is 0.0837. The molecule has 0 bridgehead atoms. The molecule has 6 heteroatoms. The molecule has 0 radical (unpaired) electrons. The molecular formula is C14H16N2O4. The van der Waals surface area contributed by atoms with Crippen molar-refractivity contribution in [3.05, 3.63) is 29.3 Å². The molecular weight excluding hydrogens is 260 g/mol. The third-order valence-electron chi connectivity index (χ3n) is 3.24. The summed E-state index contributed by atoms with van der Waals surface area (Å²) in [5.74, 6) is -0.715. The van der Waals surface area contributed by atoms with Crippen molar-refractivity contribution < 1.29 is 19.1 Å². The van der Waals surface area contributed by atoms with Crippen LogP contribution < -0.4 is 11.1 Å². The maximum absolute atomic E-state index is 12.1. The molecule has 0 aromatic heterocycles. The smallest absolute Gasteiger partial charge is 0.305 e. The van der Waals surface area contributed by atoms with Crippen LogP contribution in [0.5, 0.6) is 0 Å². The van der Waals surface area contributed by atoms with E-state index in [0.29, 0.717) is 5.56 Å². The summed E-state index contributed by atoms with van der Waals surface area (Å²) < 4.78 is 4.51. The van der Waals surface area contributed by atoms with E-state index in [1.807, 2.05) is 0 Å². The monoisotopic (exact) mass is 276 g/mol. The summed E-state index contributed by atoms with van der Waals surface area (Å²) in [6.07, 6.45) is 0.613. The zero-order valence-electron chi connectivity index (χ0n) is 11.1. The lowest BCUT2D eigenvalue weighted by Crippen LogP contribution is -2.31. The summed E-state index contributed by atoms with van der Waals surface area (Å²) in [5.41, 5.74) is 7.76. The zero-order valence-corrected chi connectivity index (χ0v) is 11.1. The number of fused-ring (bicyclic) bond motifs is 1. The predicted octanol–water partition coefficient (Wildman–Crippen LogP) is 0.644. The molecule has 0 spiro atoms. The Balaban J connectivity index is 2.04. The average molecular weight is 276 g/mol. The third-order valence-corrected chi connectivity index (χ3v) is 3.24. The van der Waals surface area contributed by atoms with Gasteiger partial charge in [0.25, 0.3) is 0 Å². The van der Waals surface area contributed by atoms with Gasteiger partial charge in [0.2, 0.25) is 5.91 Å². The Morgan fingerprint density at radius 2 is 2.20 bits per heavy atom. The molecule has 1 amide bonds. The van der Waals surface area contributed by atoms with Crippen molar-refractivity contribution in [2.75, 3.05) is 12.4 Å². The zero-order chi connectivity index (χ0) is 14.7. The minimum Gasteiger partial charge on any atom is -0.469 e. The number of hydrogen-bond donors (Lipinski definition) is 2. The van der Waals surface area contributed by atoms with Gasteiger partial charge in [-0.05, 0) is 30.2 Å². The largest absolute Gasteiger partial charge is 0.469 e.